The Kier molecular flexibility index (Phi) is 6.60. The van der Waals surface area contributed by atoms with Crippen molar-refractivity contribution in [2.24, 2.45) is 5.73 Å². The standard InChI is InChI=1S/C24H23N3O3/c1-16(2)18-6-4-7-19(14-18)27-23(28)10-9-17-5-3-8-20(13-17)30-21-11-12-26-22(15-21)24(25)29/h3-16H,1-2H3,(H2,25,29)(H,27,28)/b10-9+. The number of nitrogens with one attached hydrogen (secondary N) is 1. The summed E-state index contributed by atoms with van der Waals surface area (Å²) in [4.78, 5) is 27.4. The number of nitrogens with two attached hydrogens (primary N) is 1. The van der Waals surface area contributed by atoms with E-state index < -0.39 is 5.91 Å². The zero-order valence-corrected chi connectivity index (χ0v) is 16.8. The number of pyridine rings is 1. The molecule has 0 unspecified atom stereocenters. The van der Waals surface area contributed by atoms with Crippen molar-refractivity contribution >= 4 is 23.6 Å². The molecule has 1 aromatic heterocycles. The Hall–Kier alpha value is -3.93. The van der Waals surface area contributed by atoms with E-state index >= 15 is 0 Å². The van der Waals surface area contributed by atoms with Crippen LogP contribution in [0.4, 0.5) is 5.69 Å². The molecule has 0 aliphatic heterocycles. The van der Waals surface area contributed by atoms with E-state index in [4.69, 9.17) is 10.5 Å². The molecule has 6 heteroatoms. The number of anilines is 1. The Bertz CT molecular complexity index is 1090. The number of hydrogen-bond acceptors (Lipinski definition) is 4. The van der Waals surface area contributed by atoms with Gasteiger partial charge < -0.3 is 15.8 Å². The van der Waals surface area contributed by atoms with Gasteiger partial charge in [-0.1, -0.05) is 38.1 Å². The Morgan fingerprint density at radius 2 is 1.80 bits per heavy atom. The van der Waals surface area contributed by atoms with Crippen LogP contribution in [0.5, 0.6) is 11.5 Å². The number of ether oxygens (including phenoxy) is 1. The van der Waals surface area contributed by atoms with Crippen molar-refractivity contribution in [2.45, 2.75) is 19.8 Å². The molecule has 0 saturated carbocycles. The fourth-order valence-corrected chi connectivity index (χ4v) is 2.76. The van der Waals surface area contributed by atoms with E-state index in [9.17, 15) is 9.59 Å². The van der Waals surface area contributed by atoms with Crippen LogP contribution in [0, 0.1) is 0 Å². The minimum atomic E-state index is -0.623. The van der Waals surface area contributed by atoms with Gasteiger partial charge in [-0.25, -0.2) is 0 Å². The minimum absolute atomic E-state index is 0.127. The van der Waals surface area contributed by atoms with Crippen molar-refractivity contribution in [1.82, 2.24) is 4.98 Å². The maximum atomic E-state index is 12.3. The molecule has 0 fully saturated rings. The van der Waals surface area contributed by atoms with Crippen molar-refractivity contribution in [2.75, 3.05) is 5.32 Å². The highest BCUT2D eigenvalue weighted by Gasteiger charge is 2.05. The van der Waals surface area contributed by atoms with Gasteiger partial charge in [0.05, 0.1) is 0 Å². The average molecular weight is 401 g/mol. The predicted octanol–water partition coefficient (Wildman–Crippen LogP) is 4.75. The van der Waals surface area contributed by atoms with Crippen molar-refractivity contribution < 1.29 is 14.3 Å². The monoisotopic (exact) mass is 401 g/mol. The maximum absolute atomic E-state index is 12.3. The number of primary amides is 1. The molecule has 2 aromatic carbocycles. The molecule has 6 nitrogen and oxygen atoms in total. The molecule has 0 aliphatic carbocycles. The van der Waals surface area contributed by atoms with Crippen LogP contribution in [0.25, 0.3) is 6.08 Å². The average Bonchev–Trinajstić information content (AvgIpc) is 2.73. The Balaban J connectivity index is 1.66. The predicted molar refractivity (Wildman–Crippen MR) is 117 cm³/mol. The first-order valence-electron chi connectivity index (χ1n) is 9.53. The highest BCUT2D eigenvalue weighted by molar-refractivity contribution is 6.02. The minimum Gasteiger partial charge on any atom is -0.457 e. The zero-order chi connectivity index (χ0) is 21.5. The molecular weight excluding hydrogens is 378 g/mol. The molecule has 1 heterocycles. The SMILES string of the molecule is CC(C)c1cccc(NC(=O)/C=C/c2cccc(Oc3ccnc(C(N)=O)c3)c2)c1. The molecule has 0 spiro atoms. The topological polar surface area (TPSA) is 94.3 Å². The number of carbonyl (C=O) groups excluding carboxylic acids is 2. The molecule has 0 atom stereocenters. The highest BCUT2D eigenvalue weighted by Crippen LogP contribution is 2.23. The van der Waals surface area contributed by atoms with Gasteiger partial charge in [-0.15, -0.1) is 0 Å². The first kappa shape index (κ1) is 20.8. The molecule has 152 valence electrons. The van der Waals surface area contributed by atoms with Crippen LogP contribution in [-0.4, -0.2) is 16.8 Å². The van der Waals surface area contributed by atoms with Gasteiger partial charge in [-0.2, -0.15) is 0 Å². The first-order valence-corrected chi connectivity index (χ1v) is 9.53. The van der Waals surface area contributed by atoms with Crippen molar-refractivity contribution in [3.05, 3.63) is 89.8 Å². The van der Waals surface area contributed by atoms with Crippen LogP contribution in [0.3, 0.4) is 0 Å². The summed E-state index contributed by atoms with van der Waals surface area (Å²) in [5.41, 5.74) is 8.09. The van der Waals surface area contributed by atoms with Gasteiger partial charge in [0, 0.05) is 24.0 Å². The van der Waals surface area contributed by atoms with Crippen LogP contribution >= 0.6 is 0 Å². The summed E-state index contributed by atoms with van der Waals surface area (Å²) in [6, 6.07) is 18.1. The number of hydrogen-bond donors (Lipinski definition) is 2. The lowest BCUT2D eigenvalue weighted by Gasteiger charge is -2.08. The summed E-state index contributed by atoms with van der Waals surface area (Å²) >= 11 is 0. The second-order valence-electron chi connectivity index (χ2n) is 7.02. The lowest BCUT2D eigenvalue weighted by molar-refractivity contribution is -0.111. The van der Waals surface area contributed by atoms with Gasteiger partial charge in [-0.05, 0) is 53.5 Å². The molecule has 0 radical (unpaired) electrons. The van der Waals surface area contributed by atoms with Gasteiger partial charge in [0.1, 0.15) is 17.2 Å². The van der Waals surface area contributed by atoms with E-state index in [0.717, 1.165) is 16.8 Å². The fourth-order valence-electron chi connectivity index (χ4n) is 2.76. The summed E-state index contributed by atoms with van der Waals surface area (Å²) < 4.78 is 5.77. The zero-order valence-electron chi connectivity index (χ0n) is 16.8. The Labute approximate surface area is 175 Å². The number of carbonyl (C=O) groups is 2. The summed E-state index contributed by atoms with van der Waals surface area (Å²) in [6.07, 6.45) is 4.63. The van der Waals surface area contributed by atoms with Gasteiger partial charge in [0.2, 0.25) is 5.91 Å². The second-order valence-corrected chi connectivity index (χ2v) is 7.02. The van der Waals surface area contributed by atoms with Crippen LogP contribution in [-0.2, 0) is 4.79 Å². The summed E-state index contributed by atoms with van der Waals surface area (Å²) in [7, 11) is 0. The van der Waals surface area contributed by atoms with Gasteiger partial charge >= 0.3 is 0 Å². The van der Waals surface area contributed by atoms with Gasteiger partial charge in [0.25, 0.3) is 5.91 Å². The van der Waals surface area contributed by atoms with E-state index in [1.807, 2.05) is 36.4 Å². The molecule has 3 N–H and O–H groups in total. The number of rotatable bonds is 7. The molecule has 0 bridgehead atoms. The van der Waals surface area contributed by atoms with Crippen molar-refractivity contribution in [1.29, 1.82) is 0 Å². The van der Waals surface area contributed by atoms with Gasteiger partial charge in [-0.3, -0.25) is 14.6 Å². The third-order valence-electron chi connectivity index (χ3n) is 4.33. The number of amides is 2. The third-order valence-corrected chi connectivity index (χ3v) is 4.33. The molecular formula is C24H23N3O3. The van der Waals surface area contributed by atoms with E-state index in [1.54, 1.807) is 24.3 Å². The lowest BCUT2D eigenvalue weighted by atomic mass is 10.0. The van der Waals surface area contributed by atoms with Crippen molar-refractivity contribution in [3.8, 4) is 11.5 Å². The summed E-state index contributed by atoms with van der Waals surface area (Å²) in [6.45, 7) is 4.22. The lowest BCUT2D eigenvalue weighted by Crippen LogP contribution is -2.12. The quantitative estimate of drug-likeness (QED) is 0.559. The first-order chi connectivity index (χ1) is 14.4. The Morgan fingerprint density at radius 1 is 1.03 bits per heavy atom. The molecule has 3 aromatic rings. The van der Waals surface area contributed by atoms with E-state index in [0.29, 0.717) is 17.4 Å². The number of nitrogens with zero attached hydrogens (tertiary/aromatic N) is 1. The highest BCUT2D eigenvalue weighted by atomic mass is 16.5. The molecule has 0 aliphatic rings. The normalized spacial score (nSPS) is 10.9. The van der Waals surface area contributed by atoms with Crippen LogP contribution < -0.4 is 15.8 Å². The van der Waals surface area contributed by atoms with E-state index in [1.165, 1.54) is 18.3 Å². The molecule has 30 heavy (non-hydrogen) atoms. The molecule has 2 amide bonds. The Morgan fingerprint density at radius 3 is 2.57 bits per heavy atom. The van der Waals surface area contributed by atoms with Gasteiger partial charge in [0.15, 0.2) is 0 Å². The summed E-state index contributed by atoms with van der Waals surface area (Å²) in [5, 5.41) is 2.87. The fraction of sp³-hybridized carbons (Fsp3) is 0.125. The number of aromatic nitrogens is 1. The number of benzene rings is 2. The van der Waals surface area contributed by atoms with E-state index in [-0.39, 0.29) is 11.6 Å². The van der Waals surface area contributed by atoms with E-state index in [2.05, 4.69) is 24.1 Å². The van der Waals surface area contributed by atoms with Crippen LogP contribution in [0.2, 0.25) is 0 Å². The van der Waals surface area contributed by atoms with Crippen molar-refractivity contribution in [3.63, 3.8) is 0 Å². The molecule has 3 rings (SSSR count). The largest absolute Gasteiger partial charge is 0.457 e. The second kappa shape index (κ2) is 9.52. The molecule has 0 saturated heterocycles. The summed E-state index contributed by atoms with van der Waals surface area (Å²) in [5.74, 6) is 0.552. The van der Waals surface area contributed by atoms with Crippen LogP contribution in [0.1, 0.15) is 41.4 Å². The maximum Gasteiger partial charge on any atom is 0.267 e. The van der Waals surface area contributed by atoms with Crippen LogP contribution in [0.15, 0.2) is 72.9 Å². The smallest absolute Gasteiger partial charge is 0.267 e. The third kappa shape index (κ3) is 5.78.